The molecule has 1 fully saturated rings. The van der Waals surface area contributed by atoms with Gasteiger partial charge in [0, 0.05) is 19.1 Å². The number of hydrogen-bond acceptors (Lipinski definition) is 4. The van der Waals surface area contributed by atoms with Gasteiger partial charge in [-0.25, -0.2) is 0 Å². The fourth-order valence-corrected chi connectivity index (χ4v) is 1.46. The molecule has 0 aromatic heterocycles. The fraction of sp³-hybridized carbons (Fsp3) is 0.818. The van der Waals surface area contributed by atoms with Crippen LogP contribution in [0.15, 0.2) is 0 Å². The molecule has 2 N–H and O–H groups in total. The third-order valence-corrected chi connectivity index (χ3v) is 2.47. The van der Waals surface area contributed by atoms with E-state index in [1.165, 1.54) is 0 Å². The smallest absolute Gasteiger partial charge is 0.242 e. The lowest BCUT2D eigenvalue weighted by atomic mass is 10.3. The molecule has 1 rings (SSSR count). The van der Waals surface area contributed by atoms with Crippen LogP contribution < -0.4 is 10.6 Å². The van der Waals surface area contributed by atoms with Crippen molar-refractivity contribution in [1.29, 1.82) is 0 Å². The second kappa shape index (κ2) is 7.24. The molecule has 0 spiro atoms. The van der Waals surface area contributed by atoms with Gasteiger partial charge in [-0.3, -0.25) is 9.59 Å². The predicted octanol–water partition coefficient (Wildman–Crippen LogP) is -1.04. The number of ether oxygens (including phenoxy) is 1. The number of hydrogen-bond donors (Lipinski definition) is 2. The summed E-state index contributed by atoms with van der Waals surface area (Å²) < 4.78 is 5.15. The Bertz CT molecular complexity index is 263. The van der Waals surface area contributed by atoms with Crippen molar-refractivity contribution >= 4 is 11.8 Å². The number of nitrogens with zero attached hydrogens (tertiary/aromatic N) is 1. The van der Waals surface area contributed by atoms with Crippen molar-refractivity contribution in [2.45, 2.75) is 19.9 Å². The van der Waals surface area contributed by atoms with Crippen LogP contribution in [0, 0.1) is 0 Å². The molecule has 0 aromatic rings. The molecule has 0 aliphatic carbocycles. The number of amides is 2. The summed E-state index contributed by atoms with van der Waals surface area (Å²) in [6.07, 6.45) is 0. The van der Waals surface area contributed by atoms with Crippen molar-refractivity contribution in [2.24, 2.45) is 0 Å². The van der Waals surface area contributed by atoms with Crippen molar-refractivity contribution in [3.8, 4) is 0 Å². The number of rotatable bonds is 5. The van der Waals surface area contributed by atoms with Crippen molar-refractivity contribution in [3.05, 3.63) is 0 Å². The second-order valence-corrected chi connectivity index (χ2v) is 4.31. The second-order valence-electron chi connectivity index (χ2n) is 4.31. The lowest BCUT2D eigenvalue weighted by Gasteiger charge is -2.26. The number of morpholine rings is 1. The van der Waals surface area contributed by atoms with E-state index in [4.69, 9.17) is 4.74 Å². The molecule has 6 heteroatoms. The van der Waals surface area contributed by atoms with E-state index in [1.54, 1.807) is 4.90 Å². The van der Waals surface area contributed by atoms with Gasteiger partial charge in [-0.2, -0.15) is 0 Å². The minimum Gasteiger partial charge on any atom is -0.378 e. The van der Waals surface area contributed by atoms with Crippen molar-refractivity contribution < 1.29 is 14.3 Å². The molecular formula is C11H21N3O3. The van der Waals surface area contributed by atoms with E-state index >= 15 is 0 Å². The lowest BCUT2D eigenvalue weighted by molar-refractivity contribution is -0.136. The molecule has 0 aromatic carbocycles. The maximum Gasteiger partial charge on any atom is 0.242 e. The van der Waals surface area contributed by atoms with Crippen LogP contribution in [-0.2, 0) is 14.3 Å². The van der Waals surface area contributed by atoms with E-state index < -0.39 is 0 Å². The molecule has 1 saturated heterocycles. The SMILES string of the molecule is CC(C)NCC(=O)NCC(=O)N1CCOCC1. The Kier molecular flexibility index (Phi) is 5.93. The molecule has 98 valence electrons. The van der Waals surface area contributed by atoms with E-state index in [0.717, 1.165) is 0 Å². The molecule has 0 atom stereocenters. The Morgan fingerprint density at radius 2 is 1.88 bits per heavy atom. The zero-order chi connectivity index (χ0) is 12.7. The minimum absolute atomic E-state index is 0.0498. The molecule has 0 unspecified atom stereocenters. The van der Waals surface area contributed by atoms with Crippen molar-refractivity contribution in [2.75, 3.05) is 39.4 Å². The summed E-state index contributed by atoms with van der Waals surface area (Å²) in [5.41, 5.74) is 0. The Hall–Kier alpha value is -1.14. The Balaban J connectivity index is 2.16. The van der Waals surface area contributed by atoms with Crippen LogP contribution in [0.25, 0.3) is 0 Å². The van der Waals surface area contributed by atoms with E-state index in [9.17, 15) is 9.59 Å². The molecule has 1 aliphatic rings. The highest BCUT2D eigenvalue weighted by atomic mass is 16.5. The molecule has 2 amide bonds. The van der Waals surface area contributed by atoms with Gasteiger partial charge < -0.3 is 20.3 Å². The Morgan fingerprint density at radius 3 is 2.47 bits per heavy atom. The number of nitrogens with one attached hydrogen (secondary N) is 2. The third-order valence-electron chi connectivity index (χ3n) is 2.47. The number of carbonyl (C=O) groups excluding carboxylic acids is 2. The Labute approximate surface area is 102 Å². The lowest BCUT2D eigenvalue weighted by Crippen LogP contribution is -2.47. The highest BCUT2D eigenvalue weighted by Crippen LogP contribution is 1.96. The zero-order valence-corrected chi connectivity index (χ0v) is 10.5. The highest BCUT2D eigenvalue weighted by molar-refractivity contribution is 5.85. The normalized spacial score (nSPS) is 16.1. The number of carbonyl (C=O) groups is 2. The summed E-state index contributed by atoms with van der Waals surface area (Å²) in [5.74, 6) is -0.202. The average molecular weight is 243 g/mol. The maximum absolute atomic E-state index is 11.7. The first-order chi connectivity index (χ1) is 8.09. The van der Waals surface area contributed by atoms with Gasteiger partial charge in [-0.05, 0) is 0 Å². The standard InChI is InChI=1S/C11H21N3O3/c1-9(2)12-7-10(15)13-8-11(16)14-3-5-17-6-4-14/h9,12H,3-8H2,1-2H3,(H,13,15). The van der Waals surface area contributed by atoms with Crippen molar-refractivity contribution in [1.82, 2.24) is 15.5 Å². The summed E-state index contributed by atoms with van der Waals surface area (Å²) in [6.45, 7) is 6.62. The minimum atomic E-state index is -0.152. The third kappa shape index (κ3) is 5.65. The molecule has 0 saturated carbocycles. The van der Waals surface area contributed by atoms with Gasteiger partial charge >= 0.3 is 0 Å². The largest absolute Gasteiger partial charge is 0.378 e. The topological polar surface area (TPSA) is 70.7 Å². The molecule has 17 heavy (non-hydrogen) atoms. The Morgan fingerprint density at radius 1 is 1.24 bits per heavy atom. The van der Waals surface area contributed by atoms with Crippen LogP contribution in [0.2, 0.25) is 0 Å². The molecule has 6 nitrogen and oxygen atoms in total. The summed E-state index contributed by atoms with van der Waals surface area (Å²) in [7, 11) is 0. The summed E-state index contributed by atoms with van der Waals surface area (Å²) in [5, 5.41) is 5.59. The van der Waals surface area contributed by atoms with E-state index in [-0.39, 0.29) is 30.9 Å². The highest BCUT2D eigenvalue weighted by Gasteiger charge is 2.16. The van der Waals surface area contributed by atoms with Gasteiger partial charge in [0.25, 0.3) is 0 Å². The summed E-state index contributed by atoms with van der Waals surface area (Å²) >= 11 is 0. The van der Waals surface area contributed by atoms with Crippen molar-refractivity contribution in [3.63, 3.8) is 0 Å². The van der Waals surface area contributed by atoms with Crippen LogP contribution in [0.5, 0.6) is 0 Å². The van der Waals surface area contributed by atoms with Crippen LogP contribution in [0.4, 0.5) is 0 Å². The fourth-order valence-electron chi connectivity index (χ4n) is 1.46. The average Bonchev–Trinajstić information content (AvgIpc) is 2.34. The molecule has 1 heterocycles. The first kappa shape index (κ1) is 13.9. The van der Waals surface area contributed by atoms with Crippen LogP contribution in [0.1, 0.15) is 13.8 Å². The van der Waals surface area contributed by atoms with E-state index in [0.29, 0.717) is 26.3 Å². The maximum atomic E-state index is 11.7. The van der Waals surface area contributed by atoms with Gasteiger partial charge in [0.1, 0.15) is 0 Å². The monoisotopic (exact) mass is 243 g/mol. The zero-order valence-electron chi connectivity index (χ0n) is 10.5. The van der Waals surface area contributed by atoms with Crippen LogP contribution in [-0.4, -0.2) is 62.1 Å². The first-order valence-electron chi connectivity index (χ1n) is 5.95. The van der Waals surface area contributed by atoms with Gasteiger partial charge in [0.2, 0.25) is 11.8 Å². The summed E-state index contributed by atoms with van der Waals surface area (Å²) in [4.78, 5) is 24.7. The van der Waals surface area contributed by atoms with E-state index in [1.807, 2.05) is 13.8 Å². The van der Waals surface area contributed by atoms with Gasteiger partial charge in [0.15, 0.2) is 0 Å². The quantitative estimate of drug-likeness (QED) is 0.647. The van der Waals surface area contributed by atoms with Gasteiger partial charge in [0.05, 0.1) is 26.3 Å². The van der Waals surface area contributed by atoms with Crippen LogP contribution >= 0.6 is 0 Å². The molecular weight excluding hydrogens is 222 g/mol. The summed E-state index contributed by atoms with van der Waals surface area (Å²) in [6, 6.07) is 0.260. The van der Waals surface area contributed by atoms with Gasteiger partial charge in [-0.1, -0.05) is 13.8 Å². The molecule has 0 radical (unpaired) electrons. The molecule has 0 bridgehead atoms. The predicted molar refractivity (Wildman–Crippen MR) is 63.5 cm³/mol. The van der Waals surface area contributed by atoms with Gasteiger partial charge in [-0.15, -0.1) is 0 Å². The molecule has 1 aliphatic heterocycles. The van der Waals surface area contributed by atoms with E-state index in [2.05, 4.69) is 10.6 Å². The first-order valence-corrected chi connectivity index (χ1v) is 5.95. The van der Waals surface area contributed by atoms with Crippen LogP contribution in [0.3, 0.4) is 0 Å².